The maximum absolute atomic E-state index is 13.7. The van der Waals surface area contributed by atoms with Gasteiger partial charge in [0, 0.05) is 21.7 Å². The van der Waals surface area contributed by atoms with Crippen molar-refractivity contribution in [2.45, 2.75) is 10.8 Å². The molecule has 0 unspecified atom stereocenters. The lowest BCUT2D eigenvalue weighted by Gasteiger charge is -2.05. The topological polar surface area (TPSA) is 25.8 Å². The molecule has 0 atom stereocenters. The van der Waals surface area contributed by atoms with Crippen molar-refractivity contribution in [2.75, 3.05) is 0 Å². The van der Waals surface area contributed by atoms with Crippen LogP contribution in [0.3, 0.4) is 0 Å². The van der Waals surface area contributed by atoms with Gasteiger partial charge < -0.3 is 0 Å². The first-order chi connectivity index (χ1) is 9.25. The highest BCUT2D eigenvalue weighted by Crippen LogP contribution is 2.32. The van der Waals surface area contributed by atoms with Gasteiger partial charge in [-0.25, -0.2) is 14.4 Å². The second-order valence-corrected chi connectivity index (χ2v) is 6.07. The molecule has 3 aromatic rings. The Morgan fingerprint density at radius 3 is 3.00 bits per heavy atom. The van der Waals surface area contributed by atoms with Crippen LogP contribution in [-0.2, 0) is 5.75 Å². The minimum Gasteiger partial charge on any atom is -0.229 e. The summed E-state index contributed by atoms with van der Waals surface area (Å²) in [7, 11) is 0. The molecule has 0 aliphatic rings. The van der Waals surface area contributed by atoms with Gasteiger partial charge >= 0.3 is 0 Å². The highest BCUT2D eigenvalue weighted by atomic mass is 35.5. The lowest BCUT2D eigenvalue weighted by atomic mass is 10.2. The van der Waals surface area contributed by atoms with E-state index in [-0.39, 0.29) is 5.82 Å². The zero-order chi connectivity index (χ0) is 13.2. The molecular weight excluding hydrogens is 303 g/mol. The summed E-state index contributed by atoms with van der Waals surface area (Å²) in [6, 6.07) is 6.70. The van der Waals surface area contributed by atoms with Crippen LogP contribution in [0.25, 0.3) is 10.2 Å². The van der Waals surface area contributed by atoms with Crippen LogP contribution in [0.1, 0.15) is 5.56 Å². The first kappa shape index (κ1) is 12.8. The predicted molar refractivity (Wildman–Crippen MR) is 78.4 cm³/mol. The van der Waals surface area contributed by atoms with Gasteiger partial charge in [0.05, 0.1) is 0 Å². The molecule has 0 aliphatic heterocycles. The third-order valence-corrected chi connectivity index (χ3v) is 4.85. The van der Waals surface area contributed by atoms with Crippen LogP contribution in [-0.4, -0.2) is 9.97 Å². The summed E-state index contributed by atoms with van der Waals surface area (Å²) < 4.78 is 13.7. The van der Waals surface area contributed by atoms with Crippen LogP contribution in [0.15, 0.2) is 41.0 Å². The van der Waals surface area contributed by atoms with E-state index in [1.807, 2.05) is 11.4 Å². The molecule has 0 spiro atoms. The third-order valence-electron chi connectivity index (χ3n) is 2.64. The molecule has 0 fully saturated rings. The van der Waals surface area contributed by atoms with Crippen molar-refractivity contribution < 1.29 is 4.39 Å². The predicted octanol–water partition coefficient (Wildman–Crippen LogP) is 4.78. The summed E-state index contributed by atoms with van der Waals surface area (Å²) in [6.07, 6.45) is 1.53. The first-order valence-electron chi connectivity index (χ1n) is 5.49. The molecule has 1 aromatic carbocycles. The summed E-state index contributed by atoms with van der Waals surface area (Å²) in [5.41, 5.74) is 0.510. The second kappa shape index (κ2) is 5.45. The van der Waals surface area contributed by atoms with Crippen molar-refractivity contribution in [2.24, 2.45) is 0 Å². The highest BCUT2D eigenvalue weighted by Gasteiger charge is 2.10. The fraction of sp³-hybridized carbons (Fsp3) is 0.0769. The van der Waals surface area contributed by atoms with E-state index in [1.54, 1.807) is 23.5 Å². The van der Waals surface area contributed by atoms with E-state index < -0.39 is 0 Å². The minimum absolute atomic E-state index is 0.282. The second-order valence-electron chi connectivity index (χ2n) is 3.81. The minimum atomic E-state index is -0.282. The Labute approximate surface area is 122 Å². The first-order valence-corrected chi connectivity index (χ1v) is 7.74. The average molecular weight is 311 g/mol. The Morgan fingerprint density at radius 2 is 2.16 bits per heavy atom. The fourth-order valence-corrected chi connectivity index (χ4v) is 3.82. The Morgan fingerprint density at radius 1 is 1.26 bits per heavy atom. The number of halogens is 2. The van der Waals surface area contributed by atoms with Crippen LogP contribution < -0.4 is 0 Å². The number of nitrogens with zero attached hydrogens (tertiary/aromatic N) is 2. The molecule has 0 bridgehead atoms. The Bertz CT molecular complexity index is 709. The van der Waals surface area contributed by atoms with E-state index in [4.69, 9.17) is 11.6 Å². The molecule has 0 amide bonds. The third kappa shape index (κ3) is 2.59. The smallest absolute Gasteiger partial charge is 0.128 e. The number of benzene rings is 1. The monoisotopic (exact) mass is 310 g/mol. The van der Waals surface area contributed by atoms with Gasteiger partial charge in [0.1, 0.15) is 22.0 Å². The molecule has 96 valence electrons. The van der Waals surface area contributed by atoms with E-state index >= 15 is 0 Å². The number of fused-ring (bicyclic) bond motifs is 1. The zero-order valence-electron chi connectivity index (χ0n) is 9.64. The molecule has 19 heavy (non-hydrogen) atoms. The number of hydrogen-bond donors (Lipinski definition) is 0. The van der Waals surface area contributed by atoms with Crippen LogP contribution in [0.2, 0.25) is 5.02 Å². The van der Waals surface area contributed by atoms with Gasteiger partial charge in [-0.3, -0.25) is 0 Å². The average Bonchev–Trinajstić information content (AvgIpc) is 2.87. The quantitative estimate of drug-likeness (QED) is 0.514. The highest BCUT2D eigenvalue weighted by molar-refractivity contribution is 7.98. The number of aromatic nitrogens is 2. The van der Waals surface area contributed by atoms with E-state index in [1.165, 1.54) is 24.2 Å². The molecule has 0 radical (unpaired) electrons. The van der Waals surface area contributed by atoms with E-state index in [0.717, 1.165) is 15.2 Å². The lowest BCUT2D eigenvalue weighted by Crippen LogP contribution is -1.90. The molecule has 2 aromatic heterocycles. The van der Waals surface area contributed by atoms with Crippen molar-refractivity contribution in [1.82, 2.24) is 9.97 Å². The summed E-state index contributed by atoms with van der Waals surface area (Å²) in [4.78, 5) is 9.37. The molecule has 2 nitrogen and oxygen atoms in total. The Balaban J connectivity index is 1.88. The number of rotatable bonds is 3. The van der Waals surface area contributed by atoms with E-state index in [2.05, 4.69) is 9.97 Å². The van der Waals surface area contributed by atoms with Crippen LogP contribution in [0.4, 0.5) is 4.39 Å². The fourth-order valence-electron chi connectivity index (χ4n) is 1.69. The molecule has 0 saturated heterocycles. The van der Waals surface area contributed by atoms with Gasteiger partial charge in [0.15, 0.2) is 0 Å². The number of hydrogen-bond acceptors (Lipinski definition) is 4. The summed E-state index contributed by atoms with van der Waals surface area (Å²) in [6.45, 7) is 0. The standard InChI is InChI=1S/C13H8ClFN2S2/c14-10-2-1-3-11(15)9(10)6-19-13-8-4-5-18-12(8)16-7-17-13/h1-5,7H,6H2. The molecule has 2 heterocycles. The van der Waals surface area contributed by atoms with Crippen LogP contribution >= 0.6 is 34.7 Å². The van der Waals surface area contributed by atoms with Crippen molar-refractivity contribution >= 4 is 44.9 Å². The summed E-state index contributed by atoms with van der Waals surface area (Å²) >= 11 is 9.04. The van der Waals surface area contributed by atoms with Crippen molar-refractivity contribution in [3.05, 3.63) is 52.4 Å². The molecule has 0 N–H and O–H groups in total. The number of thiophene rings is 1. The molecule has 0 aliphatic carbocycles. The molecule has 3 rings (SSSR count). The SMILES string of the molecule is Fc1cccc(Cl)c1CSc1ncnc2sccc12. The van der Waals surface area contributed by atoms with Gasteiger partial charge in [-0.2, -0.15) is 0 Å². The van der Waals surface area contributed by atoms with E-state index in [9.17, 15) is 4.39 Å². The molecule has 6 heteroatoms. The number of thioether (sulfide) groups is 1. The lowest BCUT2D eigenvalue weighted by molar-refractivity contribution is 0.617. The van der Waals surface area contributed by atoms with Crippen molar-refractivity contribution in [1.29, 1.82) is 0 Å². The Hall–Kier alpha value is -1.17. The van der Waals surface area contributed by atoms with Gasteiger partial charge in [-0.05, 0) is 23.6 Å². The van der Waals surface area contributed by atoms with Gasteiger partial charge in [0.2, 0.25) is 0 Å². The molecule has 0 saturated carbocycles. The maximum Gasteiger partial charge on any atom is 0.128 e. The van der Waals surface area contributed by atoms with Gasteiger partial charge in [0.25, 0.3) is 0 Å². The maximum atomic E-state index is 13.7. The van der Waals surface area contributed by atoms with Gasteiger partial charge in [-0.1, -0.05) is 17.7 Å². The normalized spacial score (nSPS) is 11.1. The largest absolute Gasteiger partial charge is 0.229 e. The Kier molecular flexibility index (Phi) is 3.68. The molecular formula is C13H8ClFN2S2. The zero-order valence-corrected chi connectivity index (χ0v) is 12.0. The van der Waals surface area contributed by atoms with Crippen LogP contribution in [0.5, 0.6) is 0 Å². The van der Waals surface area contributed by atoms with Crippen molar-refractivity contribution in [3.63, 3.8) is 0 Å². The van der Waals surface area contributed by atoms with Gasteiger partial charge in [-0.15, -0.1) is 23.1 Å². The summed E-state index contributed by atoms with van der Waals surface area (Å²) in [5.74, 6) is 0.170. The van der Waals surface area contributed by atoms with Crippen LogP contribution in [0, 0.1) is 5.82 Å². The van der Waals surface area contributed by atoms with Crippen molar-refractivity contribution in [3.8, 4) is 0 Å². The summed E-state index contributed by atoms with van der Waals surface area (Å²) in [5, 5.41) is 4.28. The van der Waals surface area contributed by atoms with E-state index in [0.29, 0.717) is 16.3 Å².